The summed E-state index contributed by atoms with van der Waals surface area (Å²) in [6.45, 7) is 5.62. The van der Waals surface area contributed by atoms with Crippen LogP contribution in [0.5, 0.6) is 0 Å². The van der Waals surface area contributed by atoms with E-state index < -0.39 is 17.9 Å². The molecule has 0 saturated heterocycles. The molecule has 1 aromatic rings. The minimum Gasteiger partial charge on any atom is -0.463 e. The van der Waals surface area contributed by atoms with Crippen LogP contribution in [0.3, 0.4) is 0 Å². The number of ether oxygens (including phenoxy) is 2. The molecule has 5 N–H and O–H groups in total. The van der Waals surface area contributed by atoms with Crippen molar-refractivity contribution in [1.29, 1.82) is 0 Å². The van der Waals surface area contributed by atoms with E-state index in [9.17, 15) is 9.59 Å². The molecule has 0 amide bonds. The zero-order chi connectivity index (χ0) is 19.4. The van der Waals surface area contributed by atoms with Crippen molar-refractivity contribution in [2.45, 2.75) is 31.6 Å². The number of dihydropyridines is 1. The number of carbonyl (C=O) groups is 2. The second kappa shape index (κ2) is 8.18. The van der Waals surface area contributed by atoms with Gasteiger partial charge in [0.2, 0.25) is 0 Å². The first-order valence-corrected chi connectivity index (χ1v) is 8.66. The van der Waals surface area contributed by atoms with E-state index in [1.54, 1.807) is 19.9 Å². The lowest BCUT2D eigenvalue weighted by atomic mass is 9.82. The van der Waals surface area contributed by atoms with E-state index in [4.69, 9.17) is 20.9 Å². The van der Waals surface area contributed by atoms with Crippen LogP contribution in [-0.4, -0.2) is 25.2 Å². The number of benzene rings is 1. The quantitative estimate of drug-likeness (QED) is 0.453. The Bertz CT molecular complexity index is 762. The molecule has 0 aromatic heterocycles. The van der Waals surface area contributed by atoms with E-state index in [1.807, 2.05) is 19.1 Å². The van der Waals surface area contributed by atoms with Crippen molar-refractivity contribution in [2.24, 2.45) is 11.5 Å². The number of rotatable bonds is 5. The lowest BCUT2D eigenvalue weighted by molar-refractivity contribution is -0.139. The molecule has 2 rings (SSSR count). The number of aryl methyl sites for hydroxylation is 1. The van der Waals surface area contributed by atoms with Crippen LogP contribution in [0.15, 0.2) is 45.9 Å². The van der Waals surface area contributed by atoms with Gasteiger partial charge in [0, 0.05) is 4.90 Å². The van der Waals surface area contributed by atoms with E-state index in [-0.39, 0.29) is 36.0 Å². The van der Waals surface area contributed by atoms with Gasteiger partial charge in [0.25, 0.3) is 0 Å². The highest BCUT2D eigenvalue weighted by atomic mass is 32.1. The van der Waals surface area contributed by atoms with Crippen molar-refractivity contribution in [2.75, 3.05) is 13.2 Å². The molecule has 0 unspecified atom stereocenters. The van der Waals surface area contributed by atoms with E-state index in [2.05, 4.69) is 17.9 Å². The molecular formula is C18H23N3O4S. The highest BCUT2D eigenvalue weighted by molar-refractivity contribution is 7.80. The Balaban J connectivity index is 2.69. The van der Waals surface area contributed by atoms with Gasteiger partial charge in [-0.25, -0.2) is 9.59 Å². The van der Waals surface area contributed by atoms with Crippen molar-refractivity contribution in [1.82, 2.24) is 5.32 Å². The van der Waals surface area contributed by atoms with Gasteiger partial charge in [-0.3, -0.25) is 0 Å². The third-order valence-corrected chi connectivity index (χ3v) is 4.30. The molecule has 0 saturated carbocycles. The summed E-state index contributed by atoms with van der Waals surface area (Å²) in [5.41, 5.74) is 13.8. The molecule has 0 radical (unpaired) electrons. The Kier molecular flexibility index (Phi) is 6.20. The van der Waals surface area contributed by atoms with Gasteiger partial charge in [-0.05, 0) is 32.4 Å². The van der Waals surface area contributed by atoms with Gasteiger partial charge in [-0.1, -0.05) is 17.7 Å². The third kappa shape index (κ3) is 3.80. The van der Waals surface area contributed by atoms with E-state index in [0.29, 0.717) is 10.5 Å². The van der Waals surface area contributed by atoms with Crippen molar-refractivity contribution >= 4 is 24.6 Å². The summed E-state index contributed by atoms with van der Waals surface area (Å²) in [5.74, 6) is -2.04. The van der Waals surface area contributed by atoms with Crippen LogP contribution < -0.4 is 16.8 Å². The summed E-state index contributed by atoms with van der Waals surface area (Å²) in [6.07, 6.45) is 0. The minimum absolute atomic E-state index is 0.0345. The number of hydrogen-bond acceptors (Lipinski definition) is 8. The maximum absolute atomic E-state index is 12.6. The average molecular weight is 377 g/mol. The number of carbonyl (C=O) groups excluding carboxylic acids is 2. The van der Waals surface area contributed by atoms with Crippen molar-refractivity contribution in [3.05, 3.63) is 52.1 Å². The average Bonchev–Trinajstić information content (AvgIpc) is 2.54. The van der Waals surface area contributed by atoms with Crippen LogP contribution in [-0.2, 0) is 19.1 Å². The Morgan fingerprint density at radius 3 is 2.00 bits per heavy atom. The fourth-order valence-corrected chi connectivity index (χ4v) is 3.22. The standard InChI is InChI=1S/C18H23N3O4S/c1-4-24-17(22)13-12(10-7-6-9(3)8-11(10)26)14(18(23)25-5-2)16(20)21-15(13)19/h6-8,12,21,26H,4-5,19-20H2,1-3H3. The molecular weight excluding hydrogens is 354 g/mol. The fraction of sp³-hybridized carbons (Fsp3) is 0.333. The molecule has 0 atom stereocenters. The molecule has 0 fully saturated rings. The van der Waals surface area contributed by atoms with Crippen LogP contribution in [0.4, 0.5) is 0 Å². The molecule has 0 spiro atoms. The predicted octanol–water partition coefficient (Wildman–Crippen LogP) is 1.44. The lowest BCUT2D eigenvalue weighted by Crippen LogP contribution is -2.39. The molecule has 1 aliphatic heterocycles. The molecule has 1 aromatic carbocycles. The van der Waals surface area contributed by atoms with Crippen LogP contribution in [0, 0.1) is 6.92 Å². The summed E-state index contributed by atoms with van der Waals surface area (Å²) in [5, 5.41) is 2.68. The van der Waals surface area contributed by atoms with Crippen LogP contribution >= 0.6 is 12.6 Å². The van der Waals surface area contributed by atoms with Gasteiger partial charge in [0.15, 0.2) is 0 Å². The number of esters is 2. The minimum atomic E-state index is -0.845. The second-order valence-corrected chi connectivity index (χ2v) is 6.20. The number of nitrogens with two attached hydrogens (primary N) is 2. The maximum Gasteiger partial charge on any atom is 0.338 e. The molecule has 0 bridgehead atoms. The normalized spacial score (nSPS) is 14.9. The highest BCUT2D eigenvalue weighted by Crippen LogP contribution is 2.40. The highest BCUT2D eigenvalue weighted by Gasteiger charge is 2.39. The summed E-state index contributed by atoms with van der Waals surface area (Å²) < 4.78 is 10.3. The molecule has 26 heavy (non-hydrogen) atoms. The monoisotopic (exact) mass is 377 g/mol. The van der Waals surface area contributed by atoms with Gasteiger partial charge in [-0.15, -0.1) is 12.6 Å². The Morgan fingerprint density at radius 1 is 1.08 bits per heavy atom. The first kappa shape index (κ1) is 19.7. The van der Waals surface area contributed by atoms with Crippen LogP contribution in [0.25, 0.3) is 0 Å². The van der Waals surface area contributed by atoms with Crippen molar-refractivity contribution in [3.63, 3.8) is 0 Å². The van der Waals surface area contributed by atoms with E-state index in [0.717, 1.165) is 5.56 Å². The fourth-order valence-electron chi connectivity index (χ4n) is 2.82. The zero-order valence-corrected chi connectivity index (χ0v) is 15.9. The SMILES string of the molecule is CCOC(=O)C1=C(N)NC(N)=C(C(=O)OCC)C1c1ccc(C)cc1S. The number of hydrogen-bond donors (Lipinski definition) is 4. The summed E-state index contributed by atoms with van der Waals surface area (Å²) in [7, 11) is 0. The smallest absolute Gasteiger partial charge is 0.338 e. The van der Waals surface area contributed by atoms with Gasteiger partial charge in [-0.2, -0.15) is 0 Å². The number of thiol groups is 1. The Labute approximate surface area is 157 Å². The van der Waals surface area contributed by atoms with Gasteiger partial charge in [0.05, 0.1) is 30.3 Å². The molecule has 8 heteroatoms. The molecule has 1 aliphatic rings. The lowest BCUT2D eigenvalue weighted by Gasteiger charge is -2.30. The molecule has 7 nitrogen and oxygen atoms in total. The Hall–Kier alpha value is -2.61. The van der Waals surface area contributed by atoms with Gasteiger partial charge in [0.1, 0.15) is 11.6 Å². The summed E-state index contributed by atoms with van der Waals surface area (Å²) >= 11 is 4.51. The van der Waals surface area contributed by atoms with Crippen LogP contribution in [0.2, 0.25) is 0 Å². The summed E-state index contributed by atoms with van der Waals surface area (Å²) in [6, 6.07) is 5.47. The van der Waals surface area contributed by atoms with E-state index in [1.165, 1.54) is 0 Å². The zero-order valence-electron chi connectivity index (χ0n) is 15.0. The van der Waals surface area contributed by atoms with Gasteiger partial charge < -0.3 is 26.3 Å². The van der Waals surface area contributed by atoms with E-state index >= 15 is 0 Å². The Morgan fingerprint density at radius 2 is 1.58 bits per heavy atom. The third-order valence-electron chi connectivity index (χ3n) is 3.91. The molecule has 1 heterocycles. The number of nitrogens with one attached hydrogen (secondary N) is 1. The van der Waals surface area contributed by atoms with Gasteiger partial charge >= 0.3 is 11.9 Å². The first-order chi connectivity index (χ1) is 12.3. The van der Waals surface area contributed by atoms with Crippen molar-refractivity contribution in [3.8, 4) is 0 Å². The molecule has 140 valence electrons. The molecule has 0 aliphatic carbocycles. The maximum atomic E-state index is 12.6. The second-order valence-electron chi connectivity index (χ2n) is 5.72. The predicted molar refractivity (Wildman–Crippen MR) is 100 cm³/mol. The summed E-state index contributed by atoms with van der Waals surface area (Å²) in [4.78, 5) is 25.7. The van der Waals surface area contributed by atoms with Crippen molar-refractivity contribution < 1.29 is 19.1 Å². The largest absolute Gasteiger partial charge is 0.463 e. The first-order valence-electron chi connectivity index (χ1n) is 8.21. The van der Waals surface area contributed by atoms with Crippen LogP contribution in [0.1, 0.15) is 30.9 Å². The topological polar surface area (TPSA) is 117 Å².